The second kappa shape index (κ2) is 8.61. The summed E-state index contributed by atoms with van der Waals surface area (Å²) in [4.78, 5) is 0. The summed E-state index contributed by atoms with van der Waals surface area (Å²) >= 11 is 0. The Hall–Kier alpha value is -0.520. The predicted molar refractivity (Wildman–Crippen MR) is 70.4 cm³/mol. The van der Waals surface area contributed by atoms with Crippen molar-refractivity contribution < 1.29 is 4.74 Å². The Morgan fingerprint density at radius 2 is 1.94 bits per heavy atom. The van der Waals surface area contributed by atoms with Crippen LogP contribution in [0.4, 0.5) is 0 Å². The Morgan fingerprint density at radius 3 is 2.50 bits per heavy atom. The summed E-state index contributed by atoms with van der Waals surface area (Å²) in [6.45, 7) is 14.3. The van der Waals surface area contributed by atoms with Gasteiger partial charge in [-0.3, -0.25) is 0 Å². The van der Waals surface area contributed by atoms with E-state index in [1.165, 1.54) is 0 Å². The molecule has 0 saturated carbocycles. The van der Waals surface area contributed by atoms with Crippen LogP contribution in [0.5, 0.6) is 0 Å². The second-order valence-electron chi connectivity index (χ2n) is 5.62. The zero-order valence-electron chi connectivity index (χ0n) is 11.5. The summed E-state index contributed by atoms with van der Waals surface area (Å²) in [7, 11) is 0. The quantitative estimate of drug-likeness (QED) is 0.554. The minimum Gasteiger partial charge on any atom is -0.369 e. The highest BCUT2D eigenvalue weighted by Gasteiger charge is 2.07. The first-order valence-electron chi connectivity index (χ1n) is 6.18. The molecule has 0 aromatic heterocycles. The topological polar surface area (TPSA) is 21.3 Å². The number of hydrogen-bond acceptors (Lipinski definition) is 2. The van der Waals surface area contributed by atoms with Gasteiger partial charge in [-0.05, 0) is 24.9 Å². The maximum atomic E-state index is 5.40. The van der Waals surface area contributed by atoms with Gasteiger partial charge in [0, 0.05) is 12.5 Å². The van der Waals surface area contributed by atoms with E-state index >= 15 is 0 Å². The van der Waals surface area contributed by atoms with Crippen molar-refractivity contribution in [2.75, 3.05) is 26.3 Å². The normalized spacial score (nSPS) is 11.4. The summed E-state index contributed by atoms with van der Waals surface area (Å²) < 4.78 is 5.40. The van der Waals surface area contributed by atoms with Crippen molar-refractivity contribution in [1.29, 1.82) is 0 Å². The Kier molecular flexibility index (Phi) is 8.33. The molecule has 0 heterocycles. The molecule has 0 radical (unpaired) electrons. The van der Waals surface area contributed by atoms with Crippen LogP contribution in [-0.2, 0) is 4.74 Å². The maximum Gasteiger partial charge on any atom is 0.107 e. The molecule has 0 aliphatic rings. The van der Waals surface area contributed by atoms with Crippen LogP contribution in [-0.4, -0.2) is 26.3 Å². The van der Waals surface area contributed by atoms with Gasteiger partial charge in [0.25, 0.3) is 0 Å². The molecule has 0 bridgehead atoms. The molecule has 0 aromatic carbocycles. The van der Waals surface area contributed by atoms with Crippen LogP contribution in [0.25, 0.3) is 0 Å². The van der Waals surface area contributed by atoms with Gasteiger partial charge in [-0.2, -0.15) is 0 Å². The van der Waals surface area contributed by atoms with Crippen LogP contribution in [0.1, 0.15) is 41.0 Å². The average Bonchev–Trinajstić information content (AvgIpc) is 2.13. The molecule has 0 amide bonds. The van der Waals surface area contributed by atoms with Crippen LogP contribution >= 0.6 is 0 Å². The number of nitrogens with one attached hydrogen (secondary N) is 1. The summed E-state index contributed by atoms with van der Waals surface area (Å²) in [5.41, 5.74) is 0.365. The smallest absolute Gasteiger partial charge is 0.107 e. The average molecular weight is 225 g/mol. The lowest BCUT2D eigenvalue weighted by molar-refractivity contribution is 0.163. The Labute approximate surface area is 101 Å². The third-order valence-electron chi connectivity index (χ3n) is 1.86. The van der Waals surface area contributed by atoms with E-state index < -0.39 is 0 Å². The minimum absolute atomic E-state index is 0.365. The molecule has 0 saturated heterocycles. The van der Waals surface area contributed by atoms with E-state index in [4.69, 9.17) is 4.74 Å². The molecule has 0 rings (SSSR count). The van der Waals surface area contributed by atoms with E-state index in [-0.39, 0.29) is 0 Å². The zero-order chi connectivity index (χ0) is 12.4. The Bertz CT molecular complexity index is 217. The van der Waals surface area contributed by atoms with Gasteiger partial charge in [0.05, 0.1) is 0 Å². The molecule has 0 aliphatic carbocycles. The van der Waals surface area contributed by atoms with E-state index in [1.54, 1.807) is 0 Å². The standard InChI is InChI=1S/C14H27NO/c1-13(2)8-6-10-16-11-7-9-15-12-14(3,4)5/h13,15H,7,9-12H2,1-5H3. The van der Waals surface area contributed by atoms with E-state index in [1.807, 2.05) is 0 Å². The van der Waals surface area contributed by atoms with Crippen LogP contribution in [0.15, 0.2) is 0 Å². The zero-order valence-corrected chi connectivity index (χ0v) is 11.5. The minimum atomic E-state index is 0.365. The van der Waals surface area contributed by atoms with Crippen molar-refractivity contribution in [3.8, 4) is 11.8 Å². The van der Waals surface area contributed by atoms with Crippen molar-refractivity contribution in [3.63, 3.8) is 0 Å². The fraction of sp³-hybridized carbons (Fsp3) is 0.857. The molecular weight excluding hydrogens is 198 g/mol. The fourth-order valence-electron chi connectivity index (χ4n) is 1.13. The molecule has 0 aliphatic heterocycles. The highest BCUT2D eigenvalue weighted by atomic mass is 16.5. The van der Waals surface area contributed by atoms with Gasteiger partial charge >= 0.3 is 0 Å². The third-order valence-corrected chi connectivity index (χ3v) is 1.86. The Morgan fingerprint density at radius 1 is 1.25 bits per heavy atom. The molecule has 0 spiro atoms. The van der Waals surface area contributed by atoms with E-state index in [9.17, 15) is 0 Å². The molecule has 1 N–H and O–H groups in total. The van der Waals surface area contributed by atoms with Crippen molar-refractivity contribution in [1.82, 2.24) is 5.32 Å². The van der Waals surface area contributed by atoms with Crippen LogP contribution in [0, 0.1) is 23.2 Å². The largest absolute Gasteiger partial charge is 0.369 e. The van der Waals surface area contributed by atoms with Gasteiger partial charge < -0.3 is 10.1 Å². The molecule has 2 heteroatoms. The molecule has 0 fully saturated rings. The first kappa shape index (κ1) is 15.5. The number of rotatable bonds is 6. The van der Waals surface area contributed by atoms with E-state index in [0.717, 1.165) is 26.1 Å². The highest BCUT2D eigenvalue weighted by molar-refractivity contribution is 5.01. The molecule has 2 nitrogen and oxygen atoms in total. The first-order chi connectivity index (χ1) is 7.42. The summed E-state index contributed by atoms with van der Waals surface area (Å²) in [5, 5.41) is 3.42. The van der Waals surface area contributed by atoms with Gasteiger partial charge in [-0.25, -0.2) is 0 Å². The van der Waals surface area contributed by atoms with Crippen molar-refractivity contribution in [2.45, 2.75) is 41.0 Å². The highest BCUT2D eigenvalue weighted by Crippen LogP contribution is 2.09. The monoisotopic (exact) mass is 225 g/mol. The lowest BCUT2D eigenvalue weighted by atomic mass is 9.97. The van der Waals surface area contributed by atoms with Crippen molar-refractivity contribution in [3.05, 3.63) is 0 Å². The van der Waals surface area contributed by atoms with Gasteiger partial charge in [-0.15, -0.1) is 0 Å². The predicted octanol–water partition coefficient (Wildman–Crippen LogP) is 2.69. The van der Waals surface area contributed by atoms with Crippen LogP contribution in [0.2, 0.25) is 0 Å². The molecular formula is C14H27NO. The van der Waals surface area contributed by atoms with E-state index in [0.29, 0.717) is 17.9 Å². The summed E-state index contributed by atoms with van der Waals surface area (Å²) in [5.74, 6) is 6.53. The van der Waals surface area contributed by atoms with Crippen LogP contribution in [0.3, 0.4) is 0 Å². The molecule has 0 unspecified atom stereocenters. The molecule has 0 aromatic rings. The van der Waals surface area contributed by atoms with Gasteiger partial charge in [0.2, 0.25) is 0 Å². The summed E-state index contributed by atoms with van der Waals surface area (Å²) in [6, 6.07) is 0. The third kappa shape index (κ3) is 13.5. The van der Waals surface area contributed by atoms with Crippen LogP contribution < -0.4 is 5.32 Å². The Balaban J connectivity index is 3.20. The number of hydrogen-bond donors (Lipinski definition) is 1. The van der Waals surface area contributed by atoms with E-state index in [2.05, 4.69) is 51.8 Å². The lowest BCUT2D eigenvalue weighted by Crippen LogP contribution is -2.28. The van der Waals surface area contributed by atoms with Gasteiger partial charge in [-0.1, -0.05) is 46.5 Å². The fourth-order valence-corrected chi connectivity index (χ4v) is 1.13. The summed E-state index contributed by atoms with van der Waals surface area (Å²) in [6.07, 6.45) is 1.05. The maximum absolute atomic E-state index is 5.40. The number of ether oxygens (including phenoxy) is 1. The SMILES string of the molecule is CC(C)C#CCOCCCNCC(C)(C)C. The molecule has 16 heavy (non-hydrogen) atoms. The van der Waals surface area contributed by atoms with Gasteiger partial charge in [0.15, 0.2) is 0 Å². The molecule has 0 atom stereocenters. The first-order valence-corrected chi connectivity index (χ1v) is 6.18. The lowest BCUT2D eigenvalue weighted by Gasteiger charge is -2.18. The van der Waals surface area contributed by atoms with Crippen molar-refractivity contribution >= 4 is 0 Å². The van der Waals surface area contributed by atoms with Crippen molar-refractivity contribution in [2.24, 2.45) is 11.3 Å². The van der Waals surface area contributed by atoms with Gasteiger partial charge in [0.1, 0.15) is 6.61 Å². The molecule has 94 valence electrons. The second-order valence-corrected chi connectivity index (χ2v) is 5.62.